The molecule has 15 heavy (non-hydrogen) atoms. The number of carbonyl (C=O) groups excluding carboxylic acids is 1. The largest absolute Gasteiger partial charge is 0.335 e. The molecule has 2 N–H and O–H groups in total. The van der Waals surface area contributed by atoms with Gasteiger partial charge >= 0.3 is 6.03 Å². The lowest BCUT2D eigenvalue weighted by atomic mass is 10.2. The summed E-state index contributed by atoms with van der Waals surface area (Å²) in [6.45, 7) is 6.02. The molecule has 3 nitrogen and oxygen atoms in total. The summed E-state index contributed by atoms with van der Waals surface area (Å²) in [6.07, 6.45) is 0.932. The van der Waals surface area contributed by atoms with Crippen molar-refractivity contribution in [3.63, 3.8) is 0 Å². The lowest BCUT2D eigenvalue weighted by molar-refractivity contribution is 0.249. The molecule has 0 aliphatic carbocycles. The number of aryl methyl sites for hydroxylation is 1. The van der Waals surface area contributed by atoms with Crippen molar-refractivity contribution in [2.75, 3.05) is 5.32 Å². The number of benzene rings is 1. The first-order valence-corrected chi connectivity index (χ1v) is 5.26. The molecule has 0 radical (unpaired) electrons. The third kappa shape index (κ3) is 4.02. The Morgan fingerprint density at radius 3 is 2.80 bits per heavy atom. The van der Waals surface area contributed by atoms with Gasteiger partial charge in [0.1, 0.15) is 0 Å². The zero-order valence-corrected chi connectivity index (χ0v) is 9.50. The van der Waals surface area contributed by atoms with Crippen LogP contribution in [0, 0.1) is 6.92 Å². The molecule has 0 unspecified atom stereocenters. The highest BCUT2D eigenvalue weighted by atomic mass is 16.2. The van der Waals surface area contributed by atoms with E-state index in [0.717, 1.165) is 17.7 Å². The Morgan fingerprint density at radius 2 is 2.20 bits per heavy atom. The number of amides is 2. The molecule has 3 heteroatoms. The molecule has 0 aliphatic rings. The molecule has 0 bridgehead atoms. The minimum atomic E-state index is -0.144. The number of nitrogens with one attached hydrogen (secondary N) is 2. The highest BCUT2D eigenvalue weighted by Gasteiger charge is 2.04. The summed E-state index contributed by atoms with van der Waals surface area (Å²) in [4.78, 5) is 11.5. The second kappa shape index (κ2) is 5.39. The first kappa shape index (κ1) is 11.6. The summed E-state index contributed by atoms with van der Waals surface area (Å²) in [5, 5.41) is 5.65. The molecule has 1 aromatic carbocycles. The summed E-state index contributed by atoms with van der Waals surface area (Å²) in [7, 11) is 0. The van der Waals surface area contributed by atoms with Gasteiger partial charge in [0.05, 0.1) is 0 Å². The van der Waals surface area contributed by atoms with Gasteiger partial charge in [0.2, 0.25) is 0 Å². The molecule has 2 amide bonds. The van der Waals surface area contributed by atoms with Gasteiger partial charge in [0.25, 0.3) is 0 Å². The molecule has 0 fully saturated rings. The summed E-state index contributed by atoms with van der Waals surface area (Å²) >= 11 is 0. The number of carbonyl (C=O) groups is 1. The average Bonchev–Trinajstić information content (AvgIpc) is 2.17. The molecule has 0 heterocycles. The van der Waals surface area contributed by atoms with Crippen LogP contribution in [0.1, 0.15) is 25.8 Å². The molecular formula is C12H18N2O. The highest BCUT2D eigenvalue weighted by Crippen LogP contribution is 2.09. The Balaban J connectivity index is 2.51. The van der Waals surface area contributed by atoms with Crippen molar-refractivity contribution in [3.8, 4) is 0 Å². The van der Waals surface area contributed by atoms with Crippen LogP contribution in [0.3, 0.4) is 0 Å². The van der Waals surface area contributed by atoms with Gasteiger partial charge in [-0.15, -0.1) is 0 Å². The number of urea groups is 1. The molecule has 0 spiro atoms. The van der Waals surface area contributed by atoms with Crippen molar-refractivity contribution in [1.82, 2.24) is 5.32 Å². The number of rotatable bonds is 3. The minimum Gasteiger partial charge on any atom is -0.335 e. The Bertz CT molecular complexity index is 336. The average molecular weight is 206 g/mol. The Kier molecular flexibility index (Phi) is 4.16. The van der Waals surface area contributed by atoms with Gasteiger partial charge in [-0.1, -0.05) is 19.1 Å². The van der Waals surface area contributed by atoms with Crippen molar-refractivity contribution >= 4 is 11.7 Å². The van der Waals surface area contributed by atoms with Crippen LogP contribution in [-0.2, 0) is 0 Å². The monoisotopic (exact) mass is 206 g/mol. The minimum absolute atomic E-state index is 0.144. The summed E-state index contributed by atoms with van der Waals surface area (Å²) in [5.74, 6) is 0. The summed E-state index contributed by atoms with van der Waals surface area (Å²) in [6, 6.07) is 7.80. The third-order valence-electron chi connectivity index (χ3n) is 2.27. The quantitative estimate of drug-likeness (QED) is 0.784. The molecule has 1 aromatic rings. The van der Waals surface area contributed by atoms with Gasteiger partial charge in [-0.25, -0.2) is 4.79 Å². The van der Waals surface area contributed by atoms with Gasteiger partial charge in [-0.3, -0.25) is 0 Å². The lowest BCUT2D eigenvalue weighted by Gasteiger charge is -2.12. The number of hydrogen-bond acceptors (Lipinski definition) is 1. The first-order chi connectivity index (χ1) is 7.11. The van der Waals surface area contributed by atoms with Gasteiger partial charge in [-0.05, 0) is 38.0 Å². The number of anilines is 1. The van der Waals surface area contributed by atoms with Crippen LogP contribution in [0.25, 0.3) is 0 Å². The van der Waals surface area contributed by atoms with Crippen molar-refractivity contribution < 1.29 is 4.79 Å². The van der Waals surface area contributed by atoms with Crippen LogP contribution in [-0.4, -0.2) is 12.1 Å². The molecule has 1 atom stereocenters. The van der Waals surface area contributed by atoms with E-state index in [2.05, 4.69) is 10.6 Å². The molecular weight excluding hydrogens is 188 g/mol. The molecule has 0 aromatic heterocycles. The Labute approximate surface area is 90.9 Å². The van der Waals surface area contributed by atoms with E-state index in [-0.39, 0.29) is 12.1 Å². The fraction of sp³-hybridized carbons (Fsp3) is 0.417. The van der Waals surface area contributed by atoms with Crippen molar-refractivity contribution in [2.45, 2.75) is 33.2 Å². The van der Waals surface area contributed by atoms with Crippen LogP contribution in [0.5, 0.6) is 0 Å². The Hall–Kier alpha value is -1.51. The second-order valence-corrected chi connectivity index (χ2v) is 3.78. The van der Waals surface area contributed by atoms with Crippen molar-refractivity contribution in [2.24, 2.45) is 0 Å². The summed E-state index contributed by atoms with van der Waals surface area (Å²) in [5.41, 5.74) is 1.96. The van der Waals surface area contributed by atoms with Gasteiger partial charge in [0, 0.05) is 11.7 Å². The molecule has 0 saturated carbocycles. The van der Waals surface area contributed by atoms with Crippen molar-refractivity contribution in [1.29, 1.82) is 0 Å². The fourth-order valence-electron chi connectivity index (χ4n) is 1.22. The van der Waals surface area contributed by atoms with E-state index in [1.54, 1.807) is 0 Å². The Morgan fingerprint density at radius 1 is 1.47 bits per heavy atom. The lowest BCUT2D eigenvalue weighted by Crippen LogP contribution is -2.35. The third-order valence-corrected chi connectivity index (χ3v) is 2.27. The smallest absolute Gasteiger partial charge is 0.319 e. The number of hydrogen-bond donors (Lipinski definition) is 2. The normalized spacial score (nSPS) is 11.9. The van der Waals surface area contributed by atoms with Gasteiger partial charge in [-0.2, -0.15) is 0 Å². The molecule has 82 valence electrons. The maximum Gasteiger partial charge on any atom is 0.319 e. The van der Waals surface area contributed by atoms with E-state index in [0.29, 0.717) is 0 Å². The van der Waals surface area contributed by atoms with Crippen LogP contribution < -0.4 is 10.6 Å². The molecule has 1 rings (SSSR count). The van der Waals surface area contributed by atoms with Gasteiger partial charge in [0.15, 0.2) is 0 Å². The van der Waals surface area contributed by atoms with E-state index in [1.165, 1.54) is 0 Å². The van der Waals surface area contributed by atoms with Crippen LogP contribution in [0.2, 0.25) is 0 Å². The molecule has 0 aliphatic heterocycles. The van der Waals surface area contributed by atoms with E-state index in [1.807, 2.05) is 45.0 Å². The highest BCUT2D eigenvalue weighted by molar-refractivity contribution is 5.89. The summed E-state index contributed by atoms with van der Waals surface area (Å²) < 4.78 is 0. The van der Waals surface area contributed by atoms with Crippen molar-refractivity contribution in [3.05, 3.63) is 29.8 Å². The van der Waals surface area contributed by atoms with Crippen LogP contribution in [0.4, 0.5) is 10.5 Å². The zero-order chi connectivity index (χ0) is 11.3. The standard InChI is InChI=1S/C12H18N2O/c1-4-10(3)13-12(15)14-11-7-5-6-9(2)8-11/h5-8,10H,4H2,1-3H3,(H2,13,14,15)/t10-/m0/s1. The maximum absolute atomic E-state index is 11.5. The SMILES string of the molecule is CC[C@H](C)NC(=O)Nc1cccc(C)c1. The fourth-order valence-corrected chi connectivity index (χ4v) is 1.22. The predicted octanol–water partition coefficient (Wildman–Crippen LogP) is 2.92. The van der Waals surface area contributed by atoms with E-state index < -0.39 is 0 Å². The topological polar surface area (TPSA) is 41.1 Å². The van der Waals surface area contributed by atoms with Crippen LogP contribution >= 0.6 is 0 Å². The van der Waals surface area contributed by atoms with E-state index in [4.69, 9.17) is 0 Å². The predicted molar refractivity (Wildman–Crippen MR) is 63.1 cm³/mol. The molecule has 0 saturated heterocycles. The van der Waals surface area contributed by atoms with Gasteiger partial charge < -0.3 is 10.6 Å². The second-order valence-electron chi connectivity index (χ2n) is 3.78. The first-order valence-electron chi connectivity index (χ1n) is 5.26. The van der Waals surface area contributed by atoms with E-state index in [9.17, 15) is 4.79 Å². The van der Waals surface area contributed by atoms with Crippen LogP contribution in [0.15, 0.2) is 24.3 Å². The maximum atomic E-state index is 11.5. The zero-order valence-electron chi connectivity index (χ0n) is 9.50. The van der Waals surface area contributed by atoms with E-state index >= 15 is 0 Å².